The Morgan fingerprint density at radius 2 is 1.50 bits per heavy atom. The second kappa shape index (κ2) is 3.60. The van der Waals surface area contributed by atoms with Gasteiger partial charge in [0.1, 0.15) is 0 Å². The number of aliphatic carboxylic acids is 2. The largest absolute Gasteiger partial charge is 0.481 e. The van der Waals surface area contributed by atoms with Crippen molar-refractivity contribution in [3.8, 4) is 0 Å². The second-order valence-electron chi connectivity index (χ2n) is 1.62. The van der Waals surface area contributed by atoms with Crippen LogP contribution in [0, 0.1) is 0 Å². The van der Waals surface area contributed by atoms with E-state index in [4.69, 9.17) is 10.2 Å². The Labute approximate surface area is 56.3 Å². The summed E-state index contributed by atoms with van der Waals surface area (Å²) in [6, 6.07) is 0. The number of carbonyl (C=O) groups excluding carboxylic acids is 1. The number of rotatable bonds is 4. The van der Waals surface area contributed by atoms with Crippen LogP contribution in [0.25, 0.3) is 0 Å². The van der Waals surface area contributed by atoms with Crippen molar-refractivity contribution >= 4 is 17.7 Å². The van der Waals surface area contributed by atoms with Crippen LogP contribution in [0.5, 0.6) is 0 Å². The maximum Gasteiger partial charge on any atom is 0.372 e. The van der Waals surface area contributed by atoms with Crippen LogP contribution in [0.4, 0.5) is 0 Å². The molecule has 10 heavy (non-hydrogen) atoms. The van der Waals surface area contributed by atoms with E-state index in [1.54, 1.807) is 0 Å². The fraction of sp³-hybridized carbons (Fsp3) is 0.400. The molecule has 0 aromatic rings. The van der Waals surface area contributed by atoms with Gasteiger partial charge in [-0.05, 0) is 0 Å². The molecule has 0 saturated heterocycles. The number of carboxylic acid groups (broad SMARTS) is 2. The van der Waals surface area contributed by atoms with E-state index in [-0.39, 0.29) is 0 Å². The summed E-state index contributed by atoms with van der Waals surface area (Å²) in [5, 5.41) is 16.0. The van der Waals surface area contributed by atoms with Crippen molar-refractivity contribution in [1.29, 1.82) is 0 Å². The number of hydrogen-bond acceptors (Lipinski definition) is 3. The van der Waals surface area contributed by atoms with Crippen LogP contribution >= 0.6 is 0 Å². The molecule has 0 heterocycles. The molecule has 0 fully saturated rings. The third-order valence-electron chi connectivity index (χ3n) is 0.804. The molecule has 5 heteroatoms. The topological polar surface area (TPSA) is 91.7 Å². The highest BCUT2D eigenvalue weighted by Gasteiger charge is 2.12. The molecule has 2 N–H and O–H groups in total. The van der Waals surface area contributed by atoms with Crippen LogP contribution in [-0.4, -0.2) is 27.9 Å². The standard InChI is InChI=1S/C5H6O5/c6-3(5(9)10)1-2-4(7)8/h1-2H2,(H,7,8)(H,9,10)/i1+1,2+1,3+1,4+1. The molecule has 0 bridgehead atoms. The summed E-state index contributed by atoms with van der Waals surface area (Å²) in [6.45, 7) is 0. The van der Waals surface area contributed by atoms with Gasteiger partial charge >= 0.3 is 11.9 Å². The SMILES string of the molecule is O=C(O)[13C](=O)[13CH2][13CH2][13C](=O)O. The smallest absolute Gasteiger partial charge is 0.372 e. The Morgan fingerprint density at radius 3 is 1.80 bits per heavy atom. The lowest BCUT2D eigenvalue weighted by Crippen LogP contribution is -2.13. The molecule has 56 valence electrons. The number of Topliss-reactive ketones (excluding diaryl/α,β-unsaturated/α-hetero) is 1. The first-order valence-corrected chi connectivity index (χ1v) is 2.52. The number of carbonyl (C=O) groups is 3. The summed E-state index contributed by atoms with van der Waals surface area (Å²) in [6.07, 6.45) is -0.865. The molecular weight excluding hydrogens is 144 g/mol. The minimum absolute atomic E-state index is 0.425. The molecule has 0 amide bonds. The van der Waals surface area contributed by atoms with E-state index >= 15 is 0 Å². The number of ketones is 1. The molecule has 0 aliphatic rings. The van der Waals surface area contributed by atoms with Crippen molar-refractivity contribution < 1.29 is 24.6 Å². The van der Waals surface area contributed by atoms with Gasteiger partial charge in [0, 0.05) is 6.42 Å². The second-order valence-corrected chi connectivity index (χ2v) is 1.62. The first kappa shape index (κ1) is 8.61. The molecule has 0 saturated carbocycles. The maximum absolute atomic E-state index is 10.2. The molecule has 0 radical (unpaired) electrons. The minimum atomic E-state index is -1.58. The highest BCUT2D eigenvalue weighted by Crippen LogP contribution is 1.89. The van der Waals surface area contributed by atoms with Crippen LogP contribution in [0.1, 0.15) is 12.8 Å². The van der Waals surface area contributed by atoms with Crippen LogP contribution < -0.4 is 0 Å². The Balaban J connectivity index is 3.60. The lowest BCUT2D eigenvalue weighted by Gasteiger charge is -1.88. The zero-order valence-corrected chi connectivity index (χ0v) is 5.03. The van der Waals surface area contributed by atoms with E-state index < -0.39 is 30.6 Å². The van der Waals surface area contributed by atoms with Gasteiger partial charge in [-0.1, -0.05) is 0 Å². The van der Waals surface area contributed by atoms with Gasteiger partial charge in [-0.15, -0.1) is 0 Å². The molecule has 0 atom stereocenters. The summed E-state index contributed by atoms with van der Waals surface area (Å²) in [4.78, 5) is 29.7. The van der Waals surface area contributed by atoms with Gasteiger partial charge in [0.15, 0.2) is 0 Å². The van der Waals surface area contributed by atoms with E-state index in [1.807, 2.05) is 0 Å². The van der Waals surface area contributed by atoms with Gasteiger partial charge in [-0.3, -0.25) is 9.59 Å². The lowest BCUT2D eigenvalue weighted by atomic mass is 10.9. The average Bonchev–Trinajstić information content (AvgIpc) is 1.82. The zero-order valence-electron chi connectivity index (χ0n) is 5.03. The Kier molecular flexibility index (Phi) is 3.10. The van der Waals surface area contributed by atoms with Crippen LogP contribution in [0.2, 0.25) is 0 Å². The van der Waals surface area contributed by atoms with Gasteiger partial charge in [0.05, 0.1) is 6.42 Å². The molecule has 0 spiro atoms. The summed E-state index contributed by atoms with van der Waals surface area (Å²) < 4.78 is 0. The van der Waals surface area contributed by atoms with E-state index in [9.17, 15) is 14.4 Å². The van der Waals surface area contributed by atoms with Gasteiger partial charge < -0.3 is 10.2 Å². The predicted molar refractivity (Wildman–Crippen MR) is 29.5 cm³/mol. The minimum Gasteiger partial charge on any atom is -0.481 e. The van der Waals surface area contributed by atoms with Gasteiger partial charge in [-0.2, -0.15) is 0 Å². The maximum atomic E-state index is 10.2. The first-order chi connectivity index (χ1) is 4.54. The Morgan fingerprint density at radius 1 is 1.00 bits per heavy atom. The van der Waals surface area contributed by atoms with Gasteiger partial charge in [0.25, 0.3) is 0 Å². The van der Waals surface area contributed by atoms with Crippen LogP contribution in [0.3, 0.4) is 0 Å². The van der Waals surface area contributed by atoms with E-state index in [1.165, 1.54) is 0 Å². The molecule has 0 rings (SSSR count). The molecule has 5 nitrogen and oxygen atoms in total. The summed E-state index contributed by atoms with van der Waals surface area (Å²) in [5.41, 5.74) is 0. The van der Waals surface area contributed by atoms with Crippen molar-refractivity contribution in [3.63, 3.8) is 0 Å². The summed E-state index contributed by atoms with van der Waals surface area (Å²) in [5.74, 6) is -3.82. The molecule has 0 aliphatic carbocycles. The molecule has 0 aromatic carbocycles. The average molecular weight is 150 g/mol. The first-order valence-electron chi connectivity index (χ1n) is 2.52. The fourth-order valence-corrected chi connectivity index (χ4v) is 0.327. The van der Waals surface area contributed by atoms with E-state index in [0.29, 0.717) is 0 Å². The van der Waals surface area contributed by atoms with Crippen molar-refractivity contribution in [3.05, 3.63) is 0 Å². The predicted octanol–water partition coefficient (Wildman–Crippen LogP) is -0.495. The molecular formula is C5H6O5. The highest BCUT2D eigenvalue weighted by atomic mass is 16.5. The third-order valence-corrected chi connectivity index (χ3v) is 0.804. The van der Waals surface area contributed by atoms with Crippen LogP contribution in [-0.2, 0) is 14.4 Å². The fourth-order valence-electron chi connectivity index (χ4n) is 0.327. The van der Waals surface area contributed by atoms with E-state index in [2.05, 4.69) is 0 Å². The molecule has 0 aromatic heterocycles. The van der Waals surface area contributed by atoms with Crippen LogP contribution in [0.15, 0.2) is 0 Å². The normalized spacial score (nSPS) is 8.80. The zero-order chi connectivity index (χ0) is 8.15. The van der Waals surface area contributed by atoms with Crippen molar-refractivity contribution in [2.75, 3.05) is 0 Å². The van der Waals surface area contributed by atoms with Gasteiger partial charge in [-0.25, -0.2) is 4.79 Å². The van der Waals surface area contributed by atoms with Crippen molar-refractivity contribution in [2.45, 2.75) is 12.8 Å². The van der Waals surface area contributed by atoms with Crippen molar-refractivity contribution in [2.24, 2.45) is 0 Å². The number of carboxylic acids is 2. The Bertz CT molecular complexity index is 171. The highest BCUT2D eigenvalue weighted by molar-refractivity contribution is 6.32. The lowest BCUT2D eigenvalue weighted by molar-refractivity contribution is -0.149. The van der Waals surface area contributed by atoms with E-state index in [0.717, 1.165) is 0 Å². The van der Waals surface area contributed by atoms with Gasteiger partial charge in [0.2, 0.25) is 5.78 Å². The molecule has 0 aliphatic heterocycles. The third kappa shape index (κ3) is 3.59. The summed E-state index contributed by atoms with van der Waals surface area (Å²) in [7, 11) is 0. The monoisotopic (exact) mass is 150 g/mol. The number of hydrogen-bond donors (Lipinski definition) is 2. The van der Waals surface area contributed by atoms with Crippen molar-refractivity contribution in [1.82, 2.24) is 0 Å². The molecule has 0 unspecified atom stereocenters. The summed E-state index contributed by atoms with van der Waals surface area (Å²) >= 11 is 0. The Hall–Kier alpha value is -1.39. The quantitative estimate of drug-likeness (QED) is 0.416.